The largest absolute Gasteiger partial charge is 0.462 e. The molecule has 59 heavy (non-hydrogen) atoms. The van der Waals surface area contributed by atoms with Crippen molar-refractivity contribution in [3.8, 4) is 0 Å². The molecule has 3 unspecified atom stereocenters. The van der Waals surface area contributed by atoms with E-state index in [1.807, 2.05) is 0 Å². The van der Waals surface area contributed by atoms with E-state index in [9.17, 15) is 19.8 Å². The zero-order valence-electron chi connectivity index (χ0n) is 39.7. The molecule has 0 spiro atoms. The molecule has 0 saturated heterocycles. The van der Waals surface area contributed by atoms with Crippen molar-refractivity contribution in [1.29, 1.82) is 0 Å². The lowest BCUT2D eigenvalue weighted by atomic mass is 10.0. The van der Waals surface area contributed by atoms with E-state index in [1.165, 1.54) is 161 Å². The molecule has 0 saturated carbocycles. The molecule has 0 bridgehead atoms. The summed E-state index contributed by atoms with van der Waals surface area (Å²) in [6, 6.07) is -0.701. The van der Waals surface area contributed by atoms with Crippen LogP contribution < -0.4 is 5.32 Å². The zero-order valence-corrected chi connectivity index (χ0v) is 39.7. The first-order valence-corrected chi connectivity index (χ1v) is 26.1. The highest BCUT2D eigenvalue weighted by molar-refractivity contribution is 5.77. The van der Waals surface area contributed by atoms with Gasteiger partial charge in [-0.1, -0.05) is 238 Å². The molecule has 0 radical (unpaired) electrons. The van der Waals surface area contributed by atoms with Gasteiger partial charge in [-0.25, -0.2) is 0 Å². The summed E-state index contributed by atoms with van der Waals surface area (Å²) in [5.41, 5.74) is 0. The molecule has 3 N–H and O–H groups in total. The molecule has 0 heterocycles. The number of hydrogen-bond donors (Lipinski definition) is 3. The minimum Gasteiger partial charge on any atom is -0.462 e. The van der Waals surface area contributed by atoms with Crippen molar-refractivity contribution >= 4 is 11.9 Å². The van der Waals surface area contributed by atoms with Crippen LogP contribution in [0.3, 0.4) is 0 Å². The van der Waals surface area contributed by atoms with Crippen LogP contribution in [-0.2, 0) is 14.3 Å². The average Bonchev–Trinajstić information content (AvgIpc) is 3.23. The number of hydrogen-bond acceptors (Lipinski definition) is 5. The summed E-state index contributed by atoms with van der Waals surface area (Å²) < 4.78 is 5.92. The number of ether oxygens (including phenoxy) is 1. The third kappa shape index (κ3) is 42.8. The predicted molar refractivity (Wildman–Crippen MR) is 255 cm³/mol. The van der Waals surface area contributed by atoms with E-state index in [0.29, 0.717) is 19.3 Å². The fourth-order valence-corrected chi connectivity index (χ4v) is 8.12. The van der Waals surface area contributed by atoms with Crippen molar-refractivity contribution in [3.63, 3.8) is 0 Å². The van der Waals surface area contributed by atoms with Crippen molar-refractivity contribution in [2.24, 2.45) is 0 Å². The maximum atomic E-state index is 13.2. The van der Waals surface area contributed by atoms with Gasteiger partial charge in [-0.2, -0.15) is 0 Å². The predicted octanol–water partition coefficient (Wildman–Crippen LogP) is 15.5. The molecule has 0 aliphatic rings. The number of allylic oxidation sites excluding steroid dienone is 4. The fourth-order valence-electron chi connectivity index (χ4n) is 8.12. The lowest BCUT2D eigenvalue weighted by molar-refractivity contribution is -0.151. The maximum absolute atomic E-state index is 13.2. The smallest absolute Gasteiger partial charge is 0.306 e. The van der Waals surface area contributed by atoms with Crippen molar-refractivity contribution in [2.75, 3.05) is 6.61 Å². The summed E-state index contributed by atoms with van der Waals surface area (Å²) >= 11 is 0. The molecular formula is C53H101NO5. The number of aliphatic hydroxyl groups excluding tert-OH is 2. The first-order chi connectivity index (χ1) is 29.0. The number of carbonyl (C=O) groups is 2. The Morgan fingerprint density at radius 3 is 1.37 bits per heavy atom. The number of esters is 1. The van der Waals surface area contributed by atoms with E-state index in [2.05, 4.69) is 50.4 Å². The molecule has 0 aliphatic carbocycles. The first kappa shape index (κ1) is 57.3. The highest BCUT2D eigenvalue weighted by atomic mass is 16.5. The van der Waals surface area contributed by atoms with Crippen LogP contribution in [0.1, 0.15) is 278 Å². The monoisotopic (exact) mass is 832 g/mol. The van der Waals surface area contributed by atoms with Crippen molar-refractivity contribution in [3.05, 3.63) is 24.3 Å². The van der Waals surface area contributed by atoms with Gasteiger partial charge in [0.1, 0.15) is 6.10 Å². The number of aliphatic hydroxyl groups is 2. The summed E-state index contributed by atoms with van der Waals surface area (Å²) in [6.07, 6.45) is 53.8. The molecule has 0 aromatic heterocycles. The van der Waals surface area contributed by atoms with Crippen LogP contribution >= 0.6 is 0 Å². The van der Waals surface area contributed by atoms with Crippen LogP contribution in [0.15, 0.2) is 24.3 Å². The van der Waals surface area contributed by atoms with Gasteiger partial charge in [-0.05, 0) is 51.4 Å². The molecule has 0 aliphatic heterocycles. The van der Waals surface area contributed by atoms with Gasteiger partial charge in [0.25, 0.3) is 0 Å². The van der Waals surface area contributed by atoms with Crippen LogP contribution in [0.25, 0.3) is 0 Å². The second-order valence-corrected chi connectivity index (χ2v) is 17.9. The molecule has 0 aromatic carbocycles. The van der Waals surface area contributed by atoms with E-state index >= 15 is 0 Å². The summed E-state index contributed by atoms with van der Waals surface area (Å²) in [4.78, 5) is 26.1. The summed E-state index contributed by atoms with van der Waals surface area (Å²) in [6.45, 7) is 6.39. The second kappa shape index (κ2) is 47.4. The Morgan fingerprint density at radius 2 is 0.915 bits per heavy atom. The summed E-state index contributed by atoms with van der Waals surface area (Å²) in [7, 11) is 0. The minimum absolute atomic E-state index is 0.0731. The third-order valence-electron chi connectivity index (χ3n) is 12.0. The fraction of sp³-hybridized carbons (Fsp3) is 0.887. The Balaban J connectivity index is 4.49. The summed E-state index contributed by atoms with van der Waals surface area (Å²) in [5, 5.41) is 23.8. The number of unbranched alkanes of at least 4 members (excludes halogenated alkanes) is 31. The highest BCUT2D eigenvalue weighted by Crippen LogP contribution is 2.18. The van der Waals surface area contributed by atoms with E-state index < -0.39 is 18.2 Å². The minimum atomic E-state index is -0.787. The van der Waals surface area contributed by atoms with Gasteiger partial charge < -0.3 is 20.3 Å². The molecule has 0 fully saturated rings. The second-order valence-electron chi connectivity index (χ2n) is 17.9. The van der Waals surface area contributed by atoms with Gasteiger partial charge >= 0.3 is 5.97 Å². The SMILES string of the molecule is CC/C=C/C/C=C/CCCCCCCC(CC(=O)NC(CO)C(O)CCCCCCCCCCCCCCCCCC)OC(=O)CCCCCCCCCCCCCC. The number of rotatable bonds is 47. The van der Waals surface area contributed by atoms with Gasteiger partial charge in [-0.15, -0.1) is 0 Å². The molecule has 1 amide bonds. The molecule has 0 aromatic rings. The Bertz CT molecular complexity index is 935. The Hall–Kier alpha value is -1.66. The van der Waals surface area contributed by atoms with Gasteiger partial charge in [0, 0.05) is 6.42 Å². The highest BCUT2D eigenvalue weighted by Gasteiger charge is 2.24. The van der Waals surface area contributed by atoms with E-state index in [0.717, 1.165) is 70.6 Å². The van der Waals surface area contributed by atoms with Gasteiger partial charge in [0.2, 0.25) is 5.91 Å². The van der Waals surface area contributed by atoms with Crippen LogP contribution in [0.2, 0.25) is 0 Å². The van der Waals surface area contributed by atoms with Crippen LogP contribution in [-0.4, -0.2) is 46.9 Å². The van der Waals surface area contributed by atoms with Crippen LogP contribution in [0.5, 0.6) is 0 Å². The third-order valence-corrected chi connectivity index (χ3v) is 12.0. The molecule has 3 atom stereocenters. The van der Waals surface area contributed by atoms with Crippen LogP contribution in [0, 0.1) is 0 Å². The normalized spacial score (nSPS) is 13.4. The van der Waals surface area contributed by atoms with E-state index in [1.54, 1.807) is 0 Å². The first-order valence-electron chi connectivity index (χ1n) is 26.1. The summed E-state index contributed by atoms with van der Waals surface area (Å²) in [5.74, 6) is -0.475. The Labute approximate surface area is 367 Å². The lowest BCUT2D eigenvalue weighted by Gasteiger charge is -2.24. The Kier molecular flexibility index (Phi) is 46.1. The number of carbonyl (C=O) groups excluding carboxylic acids is 2. The lowest BCUT2D eigenvalue weighted by Crippen LogP contribution is -2.46. The maximum Gasteiger partial charge on any atom is 0.306 e. The van der Waals surface area contributed by atoms with Crippen molar-refractivity contribution in [2.45, 2.75) is 296 Å². The van der Waals surface area contributed by atoms with Crippen molar-refractivity contribution < 1.29 is 24.5 Å². The quantitative estimate of drug-likeness (QED) is 0.0322. The van der Waals surface area contributed by atoms with E-state index in [-0.39, 0.29) is 24.9 Å². The average molecular weight is 832 g/mol. The van der Waals surface area contributed by atoms with Gasteiger partial charge in [-0.3, -0.25) is 9.59 Å². The van der Waals surface area contributed by atoms with Crippen molar-refractivity contribution in [1.82, 2.24) is 5.32 Å². The molecular weight excluding hydrogens is 731 g/mol. The number of nitrogens with one attached hydrogen (secondary N) is 1. The number of amides is 1. The molecule has 6 nitrogen and oxygen atoms in total. The van der Waals surface area contributed by atoms with Gasteiger partial charge in [0.05, 0.1) is 25.2 Å². The van der Waals surface area contributed by atoms with Gasteiger partial charge in [0.15, 0.2) is 0 Å². The zero-order chi connectivity index (χ0) is 43.1. The Morgan fingerprint density at radius 1 is 0.508 bits per heavy atom. The van der Waals surface area contributed by atoms with E-state index in [4.69, 9.17) is 4.74 Å². The molecule has 6 heteroatoms. The molecule has 348 valence electrons. The molecule has 0 rings (SSSR count). The topological polar surface area (TPSA) is 95.9 Å². The standard InChI is InChI=1S/C53H101NO5/c1-4-7-10-13-16-19-22-25-26-27-28-30-33-36-39-42-45-51(56)50(48-55)54-52(57)47-49(44-41-38-35-32-29-23-20-17-14-11-8-5-2)59-53(58)46-43-40-37-34-31-24-21-18-15-12-9-6-3/h8,11,17,20,49-51,55-56H,4-7,9-10,12-16,18-19,21-48H2,1-3H3,(H,54,57)/b11-8+,20-17+. The van der Waals surface area contributed by atoms with Crippen LogP contribution in [0.4, 0.5) is 0 Å².